The molecule has 1 aromatic heterocycles. The maximum absolute atomic E-state index is 12.7. The number of carbonyl (C=O) groups is 2. The van der Waals surface area contributed by atoms with Crippen LogP contribution in [-0.2, 0) is 20.9 Å². The number of imidazole rings is 1. The van der Waals surface area contributed by atoms with Crippen molar-refractivity contribution in [1.82, 2.24) is 19.4 Å². The van der Waals surface area contributed by atoms with Crippen molar-refractivity contribution in [3.8, 4) is 0 Å². The van der Waals surface area contributed by atoms with E-state index in [1.165, 1.54) is 0 Å². The van der Waals surface area contributed by atoms with E-state index in [4.69, 9.17) is 4.74 Å². The van der Waals surface area contributed by atoms with Crippen molar-refractivity contribution in [2.75, 3.05) is 32.8 Å². The first-order valence-electron chi connectivity index (χ1n) is 10.8. The van der Waals surface area contributed by atoms with Gasteiger partial charge in [0.15, 0.2) is 0 Å². The van der Waals surface area contributed by atoms with E-state index >= 15 is 0 Å². The number of ether oxygens (including phenoxy) is 1. The summed E-state index contributed by atoms with van der Waals surface area (Å²) in [6.45, 7) is 4.85. The lowest BCUT2D eigenvalue weighted by molar-refractivity contribution is -0.151. The molecule has 1 aromatic rings. The SMILES string of the molecule is O=C1CCC2(CCN(C(=O)[C@H]3CCCCO3)CC2)CN1CCCn1ccnc1. The largest absolute Gasteiger partial charge is 0.368 e. The number of hydrogen-bond acceptors (Lipinski definition) is 4. The standard InChI is InChI=1S/C21H32N4O3/c26-19-5-6-21(16-25(19)11-3-10-23-14-9-22-17-23)7-12-24(13-8-21)20(27)18-4-1-2-15-28-18/h9,14,17-18H,1-8,10-13,15-16H2/t18-/m1/s1. The first-order valence-corrected chi connectivity index (χ1v) is 10.8. The minimum absolute atomic E-state index is 0.179. The summed E-state index contributed by atoms with van der Waals surface area (Å²) in [6, 6.07) is 0. The number of rotatable bonds is 5. The van der Waals surface area contributed by atoms with Crippen molar-refractivity contribution in [3.63, 3.8) is 0 Å². The molecule has 4 heterocycles. The van der Waals surface area contributed by atoms with Gasteiger partial charge >= 0.3 is 0 Å². The lowest BCUT2D eigenvalue weighted by Gasteiger charge is -2.48. The molecule has 0 aliphatic carbocycles. The van der Waals surface area contributed by atoms with Gasteiger partial charge in [-0.2, -0.15) is 0 Å². The van der Waals surface area contributed by atoms with Crippen LogP contribution in [0.5, 0.6) is 0 Å². The van der Waals surface area contributed by atoms with E-state index in [0.29, 0.717) is 13.0 Å². The first kappa shape index (κ1) is 19.4. The summed E-state index contributed by atoms with van der Waals surface area (Å²) in [5.41, 5.74) is 0.188. The van der Waals surface area contributed by atoms with Crippen molar-refractivity contribution in [1.29, 1.82) is 0 Å². The van der Waals surface area contributed by atoms with E-state index in [1.807, 2.05) is 17.4 Å². The number of nitrogens with zero attached hydrogens (tertiary/aromatic N) is 4. The molecule has 0 N–H and O–H groups in total. The number of carbonyl (C=O) groups excluding carboxylic acids is 2. The van der Waals surface area contributed by atoms with Crippen molar-refractivity contribution in [2.45, 2.75) is 64.0 Å². The maximum Gasteiger partial charge on any atom is 0.251 e. The van der Waals surface area contributed by atoms with E-state index in [0.717, 1.165) is 77.7 Å². The number of likely N-dealkylation sites (tertiary alicyclic amines) is 2. The predicted molar refractivity (Wildman–Crippen MR) is 104 cm³/mol. The Morgan fingerprint density at radius 2 is 2.07 bits per heavy atom. The molecule has 1 atom stereocenters. The van der Waals surface area contributed by atoms with Gasteiger partial charge < -0.3 is 19.1 Å². The average molecular weight is 389 g/mol. The van der Waals surface area contributed by atoms with Crippen molar-refractivity contribution in [3.05, 3.63) is 18.7 Å². The highest BCUT2D eigenvalue weighted by molar-refractivity contribution is 5.81. The fraction of sp³-hybridized carbons (Fsp3) is 0.762. The molecule has 0 aromatic carbocycles. The topological polar surface area (TPSA) is 67.7 Å². The van der Waals surface area contributed by atoms with Crippen LogP contribution >= 0.6 is 0 Å². The quantitative estimate of drug-likeness (QED) is 0.774. The van der Waals surface area contributed by atoms with Gasteiger partial charge in [-0.05, 0) is 50.4 Å². The smallest absolute Gasteiger partial charge is 0.251 e. The minimum atomic E-state index is -0.226. The zero-order chi connectivity index (χ0) is 19.4. The Morgan fingerprint density at radius 3 is 2.79 bits per heavy atom. The summed E-state index contributed by atoms with van der Waals surface area (Å²) in [7, 11) is 0. The van der Waals surface area contributed by atoms with Crippen LogP contribution in [0.4, 0.5) is 0 Å². The molecule has 154 valence electrons. The predicted octanol–water partition coefficient (Wildman–Crippen LogP) is 2.07. The van der Waals surface area contributed by atoms with Crippen LogP contribution in [0.3, 0.4) is 0 Å². The molecule has 28 heavy (non-hydrogen) atoms. The number of hydrogen-bond donors (Lipinski definition) is 0. The van der Waals surface area contributed by atoms with Gasteiger partial charge in [0.05, 0.1) is 6.33 Å². The highest BCUT2D eigenvalue weighted by atomic mass is 16.5. The number of piperidine rings is 2. The average Bonchev–Trinajstić information content (AvgIpc) is 3.25. The van der Waals surface area contributed by atoms with Gasteiger partial charge in [0.25, 0.3) is 5.91 Å². The Kier molecular flexibility index (Phi) is 5.99. The third-order valence-corrected chi connectivity index (χ3v) is 6.74. The molecule has 0 radical (unpaired) electrons. The summed E-state index contributed by atoms with van der Waals surface area (Å²) in [4.78, 5) is 33.3. The van der Waals surface area contributed by atoms with Crippen LogP contribution in [0.1, 0.15) is 51.4 Å². The fourth-order valence-electron chi connectivity index (χ4n) is 4.92. The zero-order valence-electron chi connectivity index (χ0n) is 16.7. The fourth-order valence-corrected chi connectivity index (χ4v) is 4.92. The van der Waals surface area contributed by atoms with Crippen LogP contribution in [0.25, 0.3) is 0 Å². The molecule has 7 heteroatoms. The molecule has 0 unspecified atom stereocenters. The lowest BCUT2D eigenvalue weighted by Crippen LogP contribution is -2.54. The number of aryl methyl sites for hydroxylation is 1. The van der Waals surface area contributed by atoms with Crippen LogP contribution in [-0.4, -0.2) is 70.1 Å². The summed E-state index contributed by atoms with van der Waals surface area (Å²) in [6.07, 6.45) is 12.9. The lowest BCUT2D eigenvalue weighted by atomic mass is 9.72. The van der Waals surface area contributed by atoms with Gasteiger partial charge in [-0.15, -0.1) is 0 Å². The minimum Gasteiger partial charge on any atom is -0.368 e. The maximum atomic E-state index is 12.7. The Morgan fingerprint density at radius 1 is 1.21 bits per heavy atom. The Labute approximate surface area is 167 Å². The second-order valence-electron chi connectivity index (χ2n) is 8.65. The second kappa shape index (κ2) is 8.64. The Balaban J connectivity index is 1.27. The van der Waals surface area contributed by atoms with Crippen LogP contribution in [0, 0.1) is 5.41 Å². The zero-order valence-corrected chi connectivity index (χ0v) is 16.7. The van der Waals surface area contributed by atoms with Gasteiger partial charge in [0.2, 0.25) is 5.91 Å². The van der Waals surface area contributed by atoms with Gasteiger partial charge in [0.1, 0.15) is 6.10 Å². The molecule has 0 saturated carbocycles. The molecule has 3 fully saturated rings. The van der Waals surface area contributed by atoms with Crippen LogP contribution in [0.2, 0.25) is 0 Å². The first-order chi connectivity index (χ1) is 13.7. The molecule has 7 nitrogen and oxygen atoms in total. The second-order valence-corrected chi connectivity index (χ2v) is 8.65. The van der Waals surface area contributed by atoms with Gasteiger partial charge in [-0.1, -0.05) is 0 Å². The van der Waals surface area contributed by atoms with Crippen molar-refractivity contribution in [2.24, 2.45) is 5.41 Å². The monoisotopic (exact) mass is 388 g/mol. The highest BCUT2D eigenvalue weighted by Gasteiger charge is 2.42. The van der Waals surface area contributed by atoms with E-state index < -0.39 is 0 Å². The Bertz CT molecular complexity index is 661. The van der Waals surface area contributed by atoms with E-state index in [2.05, 4.69) is 14.5 Å². The van der Waals surface area contributed by atoms with Gasteiger partial charge in [-0.25, -0.2) is 4.98 Å². The molecule has 4 rings (SSSR count). The number of amides is 2. The van der Waals surface area contributed by atoms with E-state index in [9.17, 15) is 9.59 Å². The van der Waals surface area contributed by atoms with Crippen LogP contribution in [0.15, 0.2) is 18.7 Å². The van der Waals surface area contributed by atoms with E-state index in [-0.39, 0.29) is 23.3 Å². The summed E-state index contributed by atoms with van der Waals surface area (Å²) in [5, 5.41) is 0. The summed E-state index contributed by atoms with van der Waals surface area (Å²) >= 11 is 0. The van der Waals surface area contributed by atoms with Crippen molar-refractivity contribution >= 4 is 11.8 Å². The molecular formula is C21H32N4O3. The summed E-state index contributed by atoms with van der Waals surface area (Å²) < 4.78 is 7.74. The molecule has 2 amide bonds. The molecule has 0 bridgehead atoms. The third-order valence-electron chi connectivity index (χ3n) is 6.74. The normalized spacial score (nSPS) is 25.3. The van der Waals surface area contributed by atoms with Gasteiger partial charge in [0, 0.05) is 58.1 Å². The van der Waals surface area contributed by atoms with E-state index in [1.54, 1.807) is 6.20 Å². The summed E-state index contributed by atoms with van der Waals surface area (Å²) in [5.74, 6) is 0.462. The van der Waals surface area contributed by atoms with Gasteiger partial charge in [-0.3, -0.25) is 9.59 Å². The van der Waals surface area contributed by atoms with Crippen molar-refractivity contribution < 1.29 is 14.3 Å². The third kappa shape index (κ3) is 4.40. The molecule has 3 aliphatic rings. The number of aromatic nitrogens is 2. The molecule has 1 spiro atoms. The molecular weight excluding hydrogens is 356 g/mol. The molecule has 3 aliphatic heterocycles. The molecule has 3 saturated heterocycles. The Hall–Kier alpha value is -1.89. The highest BCUT2D eigenvalue weighted by Crippen LogP contribution is 2.40. The van der Waals surface area contributed by atoms with Crippen LogP contribution < -0.4 is 0 Å².